The lowest BCUT2D eigenvalue weighted by atomic mass is 10.1. The van der Waals surface area contributed by atoms with Crippen molar-refractivity contribution < 1.29 is 9.50 Å². The fraction of sp³-hybridized carbons (Fsp3) is 0.375. The molecule has 0 fully saturated rings. The molecule has 5 nitrogen and oxygen atoms in total. The van der Waals surface area contributed by atoms with Gasteiger partial charge in [0.2, 0.25) is 0 Å². The highest BCUT2D eigenvalue weighted by Gasteiger charge is 2.11. The van der Waals surface area contributed by atoms with Crippen molar-refractivity contribution in [1.82, 2.24) is 9.97 Å². The standard InChI is InChI=1S/C16H21FN4O/c1-3-14(15-6-4-12(17)10-18-15)20-16-7-5-13(11-19-16)21(2)8-9-22/h4-7,10-11,14,22H,3,8-9H2,1-2H3,(H,19,20). The predicted octanol–water partition coefficient (Wildman–Crippen LogP) is 2.61. The maximum atomic E-state index is 12.9. The van der Waals surface area contributed by atoms with Crippen LogP contribution in [0.1, 0.15) is 25.1 Å². The topological polar surface area (TPSA) is 61.3 Å². The summed E-state index contributed by atoms with van der Waals surface area (Å²) in [7, 11) is 1.90. The normalized spacial score (nSPS) is 12.0. The minimum Gasteiger partial charge on any atom is -0.395 e. The molecule has 0 spiro atoms. The highest BCUT2D eigenvalue weighted by molar-refractivity contribution is 5.49. The zero-order valence-electron chi connectivity index (χ0n) is 12.8. The van der Waals surface area contributed by atoms with Gasteiger partial charge in [-0.3, -0.25) is 4.98 Å². The lowest BCUT2D eigenvalue weighted by Gasteiger charge is -2.20. The van der Waals surface area contributed by atoms with Crippen molar-refractivity contribution in [1.29, 1.82) is 0 Å². The summed E-state index contributed by atoms with van der Waals surface area (Å²) in [4.78, 5) is 10.4. The molecule has 2 N–H and O–H groups in total. The van der Waals surface area contributed by atoms with Crippen LogP contribution in [0.4, 0.5) is 15.9 Å². The van der Waals surface area contributed by atoms with Gasteiger partial charge < -0.3 is 15.3 Å². The number of nitrogens with zero attached hydrogens (tertiary/aromatic N) is 3. The van der Waals surface area contributed by atoms with Gasteiger partial charge in [0, 0.05) is 13.6 Å². The molecule has 1 atom stereocenters. The second-order valence-electron chi connectivity index (χ2n) is 5.05. The molecule has 0 amide bonds. The van der Waals surface area contributed by atoms with Gasteiger partial charge in [0.05, 0.1) is 36.4 Å². The SMILES string of the molecule is CCC(Nc1ccc(N(C)CCO)cn1)c1ccc(F)cn1. The maximum absolute atomic E-state index is 12.9. The molecule has 1 unspecified atom stereocenters. The van der Waals surface area contributed by atoms with Crippen molar-refractivity contribution in [3.63, 3.8) is 0 Å². The van der Waals surface area contributed by atoms with Crippen molar-refractivity contribution >= 4 is 11.5 Å². The van der Waals surface area contributed by atoms with E-state index in [2.05, 4.69) is 15.3 Å². The molecular formula is C16H21FN4O. The van der Waals surface area contributed by atoms with Crippen LogP contribution < -0.4 is 10.2 Å². The molecule has 22 heavy (non-hydrogen) atoms. The zero-order chi connectivity index (χ0) is 15.9. The Labute approximate surface area is 129 Å². The first-order valence-electron chi connectivity index (χ1n) is 7.30. The van der Waals surface area contributed by atoms with E-state index in [0.717, 1.165) is 23.6 Å². The van der Waals surface area contributed by atoms with Crippen LogP contribution in [0.25, 0.3) is 0 Å². The number of pyridine rings is 2. The number of halogens is 1. The monoisotopic (exact) mass is 304 g/mol. The maximum Gasteiger partial charge on any atom is 0.141 e. The van der Waals surface area contributed by atoms with E-state index in [-0.39, 0.29) is 18.5 Å². The quantitative estimate of drug-likeness (QED) is 0.823. The van der Waals surface area contributed by atoms with Crippen molar-refractivity contribution in [3.8, 4) is 0 Å². The molecule has 0 bridgehead atoms. The van der Waals surface area contributed by atoms with Gasteiger partial charge in [-0.1, -0.05) is 6.92 Å². The highest BCUT2D eigenvalue weighted by atomic mass is 19.1. The van der Waals surface area contributed by atoms with Gasteiger partial charge in [-0.15, -0.1) is 0 Å². The molecule has 0 aliphatic heterocycles. The molecule has 0 aliphatic carbocycles. The van der Waals surface area contributed by atoms with Crippen LogP contribution in [-0.2, 0) is 0 Å². The summed E-state index contributed by atoms with van der Waals surface area (Å²) in [5.41, 5.74) is 1.72. The van der Waals surface area contributed by atoms with Gasteiger partial charge >= 0.3 is 0 Å². The molecule has 2 heterocycles. The minimum absolute atomic E-state index is 0.0193. The number of anilines is 2. The molecule has 0 radical (unpaired) electrons. The van der Waals surface area contributed by atoms with Gasteiger partial charge in [-0.2, -0.15) is 0 Å². The average Bonchev–Trinajstić information content (AvgIpc) is 2.54. The second-order valence-corrected chi connectivity index (χ2v) is 5.05. The Morgan fingerprint density at radius 1 is 1.23 bits per heavy atom. The van der Waals surface area contributed by atoms with E-state index in [4.69, 9.17) is 5.11 Å². The summed E-state index contributed by atoms with van der Waals surface area (Å²) in [6.45, 7) is 2.70. The van der Waals surface area contributed by atoms with Crippen LogP contribution in [0, 0.1) is 5.82 Å². The fourth-order valence-corrected chi connectivity index (χ4v) is 2.13. The van der Waals surface area contributed by atoms with Gasteiger partial charge in [-0.25, -0.2) is 9.37 Å². The highest BCUT2D eigenvalue weighted by Crippen LogP contribution is 2.21. The van der Waals surface area contributed by atoms with Gasteiger partial charge in [0.25, 0.3) is 0 Å². The molecule has 0 aliphatic rings. The van der Waals surface area contributed by atoms with Gasteiger partial charge in [0.15, 0.2) is 0 Å². The first-order chi connectivity index (χ1) is 10.6. The summed E-state index contributed by atoms with van der Waals surface area (Å²) in [6, 6.07) is 6.90. The molecule has 0 saturated heterocycles. The summed E-state index contributed by atoms with van der Waals surface area (Å²) >= 11 is 0. The summed E-state index contributed by atoms with van der Waals surface area (Å²) in [5, 5.41) is 12.2. The molecule has 2 aromatic heterocycles. The largest absolute Gasteiger partial charge is 0.395 e. The van der Waals surface area contributed by atoms with Crippen LogP contribution in [0.15, 0.2) is 36.7 Å². The molecular weight excluding hydrogens is 283 g/mol. The molecule has 0 aromatic carbocycles. The second kappa shape index (κ2) is 7.70. The third kappa shape index (κ3) is 4.14. The lowest BCUT2D eigenvalue weighted by molar-refractivity contribution is 0.304. The van der Waals surface area contributed by atoms with Gasteiger partial charge in [0.1, 0.15) is 11.6 Å². The van der Waals surface area contributed by atoms with Crippen molar-refractivity contribution in [3.05, 3.63) is 48.2 Å². The van der Waals surface area contributed by atoms with Gasteiger partial charge in [-0.05, 0) is 30.7 Å². The number of aromatic nitrogens is 2. The van der Waals surface area contributed by atoms with Crippen LogP contribution in [0.5, 0.6) is 0 Å². The Morgan fingerprint density at radius 2 is 2.05 bits per heavy atom. The van der Waals surface area contributed by atoms with E-state index in [1.54, 1.807) is 12.3 Å². The number of aliphatic hydroxyl groups excluding tert-OH is 1. The molecule has 6 heteroatoms. The molecule has 118 valence electrons. The Kier molecular flexibility index (Phi) is 5.66. The van der Waals surface area contributed by atoms with E-state index >= 15 is 0 Å². The van der Waals surface area contributed by atoms with E-state index in [1.165, 1.54) is 12.3 Å². The number of hydrogen-bond acceptors (Lipinski definition) is 5. The number of likely N-dealkylation sites (N-methyl/N-ethyl adjacent to an activating group) is 1. The zero-order valence-corrected chi connectivity index (χ0v) is 12.8. The van der Waals surface area contributed by atoms with E-state index in [0.29, 0.717) is 6.54 Å². The number of rotatable bonds is 7. The van der Waals surface area contributed by atoms with Crippen molar-refractivity contribution in [2.24, 2.45) is 0 Å². The first-order valence-corrected chi connectivity index (χ1v) is 7.30. The first kappa shape index (κ1) is 16.2. The lowest BCUT2D eigenvalue weighted by Crippen LogP contribution is -2.21. The number of nitrogens with one attached hydrogen (secondary N) is 1. The minimum atomic E-state index is -0.340. The number of hydrogen-bond donors (Lipinski definition) is 2. The Bertz CT molecular complexity index is 574. The van der Waals surface area contributed by atoms with E-state index in [9.17, 15) is 4.39 Å². The van der Waals surface area contributed by atoms with E-state index in [1.807, 2.05) is 31.0 Å². The molecule has 0 saturated carbocycles. The Balaban J connectivity index is 2.06. The smallest absolute Gasteiger partial charge is 0.141 e. The van der Waals surface area contributed by atoms with Crippen LogP contribution in [0.2, 0.25) is 0 Å². The van der Waals surface area contributed by atoms with Crippen LogP contribution in [-0.4, -0.2) is 35.3 Å². The predicted molar refractivity (Wildman–Crippen MR) is 85.4 cm³/mol. The Morgan fingerprint density at radius 3 is 2.59 bits per heavy atom. The third-order valence-electron chi connectivity index (χ3n) is 3.46. The van der Waals surface area contributed by atoms with Crippen molar-refractivity contribution in [2.45, 2.75) is 19.4 Å². The fourth-order valence-electron chi connectivity index (χ4n) is 2.13. The van der Waals surface area contributed by atoms with Crippen LogP contribution in [0.3, 0.4) is 0 Å². The van der Waals surface area contributed by atoms with Crippen molar-refractivity contribution in [2.75, 3.05) is 30.4 Å². The summed E-state index contributed by atoms with van der Waals surface area (Å²) < 4.78 is 12.9. The van der Waals surface area contributed by atoms with Crippen LogP contribution >= 0.6 is 0 Å². The number of aliphatic hydroxyl groups is 1. The van der Waals surface area contributed by atoms with E-state index < -0.39 is 0 Å². The summed E-state index contributed by atoms with van der Waals surface area (Å²) in [6.07, 6.45) is 3.79. The molecule has 2 rings (SSSR count). The molecule has 2 aromatic rings. The Hall–Kier alpha value is -2.21. The third-order valence-corrected chi connectivity index (χ3v) is 3.46. The average molecular weight is 304 g/mol. The summed E-state index contributed by atoms with van der Waals surface area (Å²) in [5.74, 6) is 0.395.